The zero-order valence-electron chi connectivity index (χ0n) is 13.3. The van der Waals surface area contributed by atoms with Gasteiger partial charge in [-0.2, -0.15) is 0 Å². The Bertz CT molecular complexity index is 985. The molecule has 25 heavy (non-hydrogen) atoms. The molecule has 3 aromatic rings. The Morgan fingerprint density at radius 2 is 1.84 bits per heavy atom. The van der Waals surface area contributed by atoms with E-state index in [1.807, 2.05) is 36.4 Å². The molecule has 0 radical (unpaired) electrons. The summed E-state index contributed by atoms with van der Waals surface area (Å²) in [7, 11) is -3.77. The molecule has 2 N–H and O–H groups in total. The molecule has 0 fully saturated rings. The van der Waals surface area contributed by atoms with Crippen molar-refractivity contribution in [2.24, 2.45) is 0 Å². The molecule has 1 atom stereocenters. The minimum Gasteiger partial charge on any atom is -0.481 e. The summed E-state index contributed by atoms with van der Waals surface area (Å²) >= 11 is 1.06. The molecule has 3 rings (SSSR count). The van der Waals surface area contributed by atoms with Crippen LogP contribution in [0.5, 0.6) is 5.75 Å². The first kappa shape index (κ1) is 17.4. The molecule has 0 bridgehead atoms. The van der Waals surface area contributed by atoms with E-state index in [1.54, 1.807) is 24.4 Å². The van der Waals surface area contributed by atoms with Crippen LogP contribution in [0, 0.1) is 0 Å². The van der Waals surface area contributed by atoms with Crippen molar-refractivity contribution in [3.63, 3.8) is 0 Å². The highest BCUT2D eigenvalue weighted by Crippen LogP contribution is 2.21. The first-order valence-electron chi connectivity index (χ1n) is 7.46. The lowest BCUT2D eigenvalue weighted by atomic mass is 10.1. The van der Waals surface area contributed by atoms with Gasteiger partial charge < -0.3 is 4.74 Å². The van der Waals surface area contributed by atoms with Gasteiger partial charge in [-0.1, -0.05) is 36.4 Å². The van der Waals surface area contributed by atoms with Crippen molar-refractivity contribution in [2.75, 3.05) is 0 Å². The van der Waals surface area contributed by atoms with E-state index in [1.165, 1.54) is 6.07 Å². The molecule has 0 saturated carbocycles. The Labute approximate surface area is 149 Å². The molecule has 0 aliphatic rings. The Balaban J connectivity index is 1.62. The summed E-state index contributed by atoms with van der Waals surface area (Å²) in [6.45, 7) is 1.55. The van der Waals surface area contributed by atoms with Crippen LogP contribution in [0.15, 0.2) is 64.2 Å². The van der Waals surface area contributed by atoms with Gasteiger partial charge in [0.05, 0.1) is 0 Å². The van der Waals surface area contributed by atoms with Crippen molar-refractivity contribution in [3.8, 4) is 5.75 Å². The summed E-state index contributed by atoms with van der Waals surface area (Å²) in [6, 6.07) is 16.4. The molecule has 6 nitrogen and oxygen atoms in total. The summed E-state index contributed by atoms with van der Waals surface area (Å²) in [5, 5.41) is 3.70. The van der Waals surface area contributed by atoms with E-state index in [9.17, 15) is 13.2 Å². The van der Waals surface area contributed by atoms with Gasteiger partial charge in [0.2, 0.25) is 0 Å². The molecule has 1 amide bonds. The predicted molar refractivity (Wildman–Crippen MR) is 96.8 cm³/mol. The number of rotatable bonds is 6. The van der Waals surface area contributed by atoms with Gasteiger partial charge >= 0.3 is 0 Å². The molecule has 2 aromatic carbocycles. The molecular weight excluding hydrogens is 360 g/mol. The van der Waals surface area contributed by atoms with Gasteiger partial charge in [0.25, 0.3) is 15.9 Å². The van der Waals surface area contributed by atoms with E-state index in [-0.39, 0.29) is 4.21 Å². The lowest BCUT2D eigenvalue weighted by Crippen LogP contribution is -2.46. The van der Waals surface area contributed by atoms with Crippen molar-refractivity contribution in [1.29, 1.82) is 0 Å². The second-order valence-corrected chi connectivity index (χ2v) is 8.15. The number of carbonyl (C=O) groups is 1. The smallest absolute Gasteiger partial charge is 0.275 e. The van der Waals surface area contributed by atoms with Crippen molar-refractivity contribution in [3.05, 3.63) is 60.0 Å². The zero-order valence-corrected chi connectivity index (χ0v) is 14.9. The van der Waals surface area contributed by atoms with Crippen molar-refractivity contribution in [1.82, 2.24) is 10.3 Å². The molecule has 0 unspecified atom stereocenters. The number of hydrogen-bond donors (Lipinski definition) is 2. The monoisotopic (exact) mass is 376 g/mol. The summed E-state index contributed by atoms with van der Waals surface area (Å²) in [6.07, 6.45) is -0.868. The molecule has 1 heterocycles. The Hall–Kier alpha value is -2.42. The normalized spacial score (nSPS) is 12.7. The summed E-state index contributed by atoms with van der Waals surface area (Å²) < 4.78 is 29.7. The Kier molecular flexibility index (Phi) is 5.03. The number of nitrogens with one attached hydrogen (secondary N) is 2. The number of hydrogen-bond acceptors (Lipinski definition) is 5. The summed E-state index contributed by atoms with van der Waals surface area (Å²) in [5.74, 6) is -0.0595. The van der Waals surface area contributed by atoms with Gasteiger partial charge in [0.1, 0.15) is 9.96 Å². The maximum Gasteiger partial charge on any atom is 0.275 e. The van der Waals surface area contributed by atoms with E-state index >= 15 is 0 Å². The van der Waals surface area contributed by atoms with Crippen molar-refractivity contribution in [2.45, 2.75) is 17.2 Å². The fourth-order valence-electron chi connectivity index (χ4n) is 2.18. The zero-order chi connectivity index (χ0) is 17.9. The van der Waals surface area contributed by atoms with Crippen LogP contribution in [0.4, 0.5) is 0 Å². The predicted octanol–water partition coefficient (Wildman–Crippen LogP) is 2.68. The van der Waals surface area contributed by atoms with Gasteiger partial charge in [-0.25, -0.2) is 8.42 Å². The average Bonchev–Trinajstić information content (AvgIpc) is 3.15. The maximum absolute atomic E-state index is 12.1. The minimum absolute atomic E-state index is 0.121. The number of ether oxygens (including phenoxy) is 1. The first-order valence-corrected chi connectivity index (χ1v) is 9.82. The second kappa shape index (κ2) is 7.22. The number of carbonyl (C=O) groups excluding carboxylic acids is 1. The third-order valence-electron chi connectivity index (χ3n) is 3.47. The third kappa shape index (κ3) is 4.16. The number of benzene rings is 2. The van der Waals surface area contributed by atoms with Gasteiger partial charge in [-0.15, -0.1) is 16.2 Å². The molecular formula is C17H16N2O4S2. The molecule has 0 aliphatic carbocycles. The molecule has 0 saturated heterocycles. The van der Waals surface area contributed by atoms with Crippen LogP contribution in [0.2, 0.25) is 0 Å². The number of sulfonamides is 1. The minimum atomic E-state index is -3.77. The Morgan fingerprint density at radius 3 is 2.56 bits per heavy atom. The molecule has 130 valence electrons. The standard InChI is InChI=1S/C17H16N2O4S2/c1-12(17(20)18-19-25(21,22)16-7-4-10-24-16)23-15-9-8-13-5-2-3-6-14(13)11-15/h2-12,19H,1H3,(H,18,20)/t12-/m1/s1. The van der Waals surface area contributed by atoms with Crippen molar-refractivity contribution >= 4 is 38.0 Å². The molecule has 0 aliphatic heterocycles. The lowest BCUT2D eigenvalue weighted by Gasteiger charge is -2.15. The second-order valence-electron chi connectivity index (χ2n) is 5.30. The Morgan fingerprint density at radius 1 is 1.08 bits per heavy atom. The maximum atomic E-state index is 12.1. The van der Waals surface area contributed by atoms with E-state index in [4.69, 9.17) is 4.74 Å². The van der Waals surface area contributed by atoms with E-state index in [0.717, 1.165) is 22.1 Å². The SMILES string of the molecule is C[C@@H](Oc1ccc2ccccc2c1)C(=O)NNS(=O)(=O)c1cccs1. The summed E-state index contributed by atoms with van der Waals surface area (Å²) in [4.78, 5) is 14.1. The van der Waals surface area contributed by atoms with E-state index < -0.39 is 22.0 Å². The highest BCUT2D eigenvalue weighted by atomic mass is 32.2. The molecule has 8 heteroatoms. The van der Waals surface area contributed by atoms with Crippen molar-refractivity contribution < 1.29 is 17.9 Å². The lowest BCUT2D eigenvalue weighted by molar-refractivity contribution is -0.127. The highest BCUT2D eigenvalue weighted by Gasteiger charge is 2.20. The van der Waals surface area contributed by atoms with Crippen LogP contribution in [-0.2, 0) is 14.8 Å². The van der Waals surface area contributed by atoms with Crippen LogP contribution >= 0.6 is 11.3 Å². The number of hydrazine groups is 1. The first-order chi connectivity index (χ1) is 12.0. The van der Waals surface area contributed by atoms with Gasteiger partial charge in [-0.3, -0.25) is 10.2 Å². The van der Waals surface area contributed by atoms with Crippen LogP contribution in [0.25, 0.3) is 10.8 Å². The quantitative estimate of drug-likeness (QED) is 0.648. The van der Waals surface area contributed by atoms with Crippen LogP contribution in [0.3, 0.4) is 0 Å². The van der Waals surface area contributed by atoms with E-state index in [0.29, 0.717) is 5.75 Å². The van der Waals surface area contributed by atoms with E-state index in [2.05, 4.69) is 10.3 Å². The third-order valence-corrected chi connectivity index (χ3v) is 6.12. The highest BCUT2D eigenvalue weighted by molar-refractivity contribution is 7.91. The molecule has 1 aromatic heterocycles. The number of amides is 1. The fraction of sp³-hybridized carbons (Fsp3) is 0.118. The fourth-order valence-corrected chi connectivity index (χ4v) is 4.02. The van der Waals surface area contributed by atoms with Crippen LogP contribution < -0.4 is 15.0 Å². The number of fused-ring (bicyclic) bond motifs is 1. The number of thiophene rings is 1. The van der Waals surface area contributed by atoms with Crippen LogP contribution in [-0.4, -0.2) is 20.4 Å². The van der Waals surface area contributed by atoms with Gasteiger partial charge in [0.15, 0.2) is 6.10 Å². The molecule has 0 spiro atoms. The largest absolute Gasteiger partial charge is 0.481 e. The van der Waals surface area contributed by atoms with Gasteiger partial charge in [-0.05, 0) is 41.3 Å². The summed E-state index contributed by atoms with van der Waals surface area (Å²) in [5.41, 5.74) is 2.17. The van der Waals surface area contributed by atoms with Gasteiger partial charge in [0, 0.05) is 0 Å². The topological polar surface area (TPSA) is 84.5 Å². The average molecular weight is 376 g/mol. The van der Waals surface area contributed by atoms with Crippen LogP contribution in [0.1, 0.15) is 6.92 Å².